The van der Waals surface area contributed by atoms with Crippen LogP contribution >= 0.6 is 34.2 Å². The number of nitrogens with zero attached hydrogens (tertiary/aromatic N) is 1. The normalized spacial score (nSPS) is 14.4. The largest absolute Gasteiger partial charge is 0.341 e. The maximum atomic E-state index is 12.0. The van der Waals surface area contributed by atoms with Gasteiger partial charge in [-0.25, -0.2) is 4.98 Å². The average Bonchev–Trinajstić information content (AvgIpc) is 3.07. The zero-order valence-electron chi connectivity index (χ0n) is 9.91. The molecule has 6 heteroatoms. The highest BCUT2D eigenvalue weighted by Gasteiger charge is 2.27. The van der Waals surface area contributed by atoms with Crippen molar-refractivity contribution in [1.29, 1.82) is 0 Å². The number of rotatable bonds is 3. The van der Waals surface area contributed by atoms with Crippen molar-refractivity contribution in [1.82, 2.24) is 9.97 Å². The summed E-state index contributed by atoms with van der Waals surface area (Å²) in [6.45, 7) is 0. The van der Waals surface area contributed by atoms with E-state index in [0.717, 1.165) is 9.26 Å². The van der Waals surface area contributed by atoms with Crippen LogP contribution in [0.25, 0.3) is 0 Å². The molecular weight excluding hydrogens is 377 g/mol. The number of imidazole rings is 1. The molecule has 1 aliphatic rings. The van der Waals surface area contributed by atoms with Crippen molar-refractivity contribution in [2.45, 2.75) is 18.8 Å². The Bertz CT molecular complexity index is 623. The van der Waals surface area contributed by atoms with Crippen LogP contribution in [0.15, 0.2) is 24.7 Å². The third-order valence-electron chi connectivity index (χ3n) is 3.07. The number of carbonyl (C=O) groups is 1. The predicted octanol–water partition coefficient (Wildman–Crippen LogP) is 3.80. The minimum atomic E-state index is -0.209. The molecule has 0 unspecified atom stereocenters. The molecule has 1 aromatic heterocycles. The Hall–Kier alpha value is -1.08. The lowest BCUT2D eigenvalue weighted by molar-refractivity contribution is 0.102. The summed E-state index contributed by atoms with van der Waals surface area (Å²) >= 11 is 8.39. The fraction of sp³-hybridized carbons (Fsp3) is 0.231. The lowest BCUT2D eigenvalue weighted by Gasteiger charge is -2.11. The number of H-pyrrole nitrogens is 1. The van der Waals surface area contributed by atoms with Crippen LogP contribution in [0.1, 0.15) is 34.8 Å². The number of hydrogen-bond acceptors (Lipinski definition) is 2. The first-order valence-corrected chi connectivity index (χ1v) is 7.39. The van der Waals surface area contributed by atoms with Gasteiger partial charge in [0.05, 0.1) is 18.2 Å². The topological polar surface area (TPSA) is 57.8 Å². The van der Waals surface area contributed by atoms with E-state index in [4.69, 9.17) is 11.6 Å². The van der Waals surface area contributed by atoms with Crippen molar-refractivity contribution in [2.24, 2.45) is 0 Å². The molecule has 0 aliphatic heterocycles. The highest BCUT2D eigenvalue weighted by Crippen LogP contribution is 2.44. The molecule has 3 rings (SSSR count). The van der Waals surface area contributed by atoms with Crippen LogP contribution < -0.4 is 5.32 Å². The van der Waals surface area contributed by atoms with Crippen molar-refractivity contribution >= 4 is 45.8 Å². The number of halogens is 2. The molecule has 1 aliphatic carbocycles. The number of carbonyl (C=O) groups excluding carboxylic acids is 1. The minimum Gasteiger partial charge on any atom is -0.341 e. The molecule has 1 amide bonds. The van der Waals surface area contributed by atoms with E-state index in [-0.39, 0.29) is 5.91 Å². The standard InChI is InChI=1S/C13H11ClIN3O/c14-8-3-9(7-1-2-7)12(15)10(4-8)18-13(19)11-5-16-6-17-11/h3-7H,1-2H2,(H,16,17)(H,18,19). The van der Waals surface area contributed by atoms with Crippen LogP contribution in [0.2, 0.25) is 5.02 Å². The molecule has 2 N–H and O–H groups in total. The summed E-state index contributed by atoms with van der Waals surface area (Å²) in [5.74, 6) is 0.382. The molecule has 98 valence electrons. The first-order chi connectivity index (χ1) is 9.15. The fourth-order valence-corrected chi connectivity index (χ4v) is 3.08. The van der Waals surface area contributed by atoms with E-state index in [1.165, 1.54) is 30.9 Å². The summed E-state index contributed by atoms with van der Waals surface area (Å²) in [6, 6.07) is 3.77. The van der Waals surface area contributed by atoms with E-state index in [2.05, 4.69) is 37.9 Å². The maximum absolute atomic E-state index is 12.0. The van der Waals surface area contributed by atoms with Gasteiger partial charge in [-0.2, -0.15) is 0 Å². The number of anilines is 1. The second-order valence-electron chi connectivity index (χ2n) is 4.55. The first kappa shape index (κ1) is 12.9. The summed E-state index contributed by atoms with van der Waals surface area (Å²) in [5.41, 5.74) is 2.42. The van der Waals surface area contributed by atoms with E-state index >= 15 is 0 Å². The van der Waals surface area contributed by atoms with Gasteiger partial charge in [0.2, 0.25) is 0 Å². The molecule has 0 radical (unpaired) electrons. The fourth-order valence-electron chi connectivity index (χ4n) is 1.96. The first-order valence-electron chi connectivity index (χ1n) is 5.94. The van der Waals surface area contributed by atoms with E-state index in [0.29, 0.717) is 16.6 Å². The lowest BCUT2D eigenvalue weighted by atomic mass is 10.1. The molecule has 2 aromatic rings. The number of benzene rings is 1. The molecule has 0 spiro atoms. The van der Waals surface area contributed by atoms with Crippen molar-refractivity contribution in [2.75, 3.05) is 5.32 Å². The Labute approximate surface area is 129 Å². The van der Waals surface area contributed by atoms with Gasteiger partial charge < -0.3 is 10.3 Å². The van der Waals surface area contributed by atoms with Crippen LogP contribution in [0.5, 0.6) is 0 Å². The van der Waals surface area contributed by atoms with Gasteiger partial charge in [0.25, 0.3) is 5.91 Å². The number of aromatic nitrogens is 2. The number of nitrogens with one attached hydrogen (secondary N) is 2. The molecule has 0 bridgehead atoms. The zero-order valence-corrected chi connectivity index (χ0v) is 12.8. The smallest absolute Gasteiger partial charge is 0.273 e. The van der Waals surface area contributed by atoms with Crippen LogP contribution in [0.4, 0.5) is 5.69 Å². The molecule has 0 saturated heterocycles. The molecular formula is C13H11ClIN3O. The minimum absolute atomic E-state index is 0.209. The van der Waals surface area contributed by atoms with Crippen LogP contribution in [0.3, 0.4) is 0 Å². The lowest BCUT2D eigenvalue weighted by Crippen LogP contribution is -2.13. The molecule has 0 atom stereocenters. The van der Waals surface area contributed by atoms with Gasteiger partial charge in [-0.3, -0.25) is 4.79 Å². The maximum Gasteiger partial charge on any atom is 0.273 e. The Morgan fingerprint density at radius 2 is 2.26 bits per heavy atom. The van der Waals surface area contributed by atoms with E-state index in [1.807, 2.05) is 6.07 Å². The Kier molecular flexibility index (Phi) is 3.49. The summed E-state index contributed by atoms with van der Waals surface area (Å²) in [4.78, 5) is 18.6. The molecule has 1 aromatic carbocycles. The van der Waals surface area contributed by atoms with Gasteiger partial charge in [0.15, 0.2) is 0 Å². The summed E-state index contributed by atoms with van der Waals surface area (Å²) in [6.07, 6.45) is 5.37. The second-order valence-corrected chi connectivity index (χ2v) is 6.07. The van der Waals surface area contributed by atoms with Crippen LogP contribution in [0, 0.1) is 3.57 Å². The van der Waals surface area contributed by atoms with Gasteiger partial charge >= 0.3 is 0 Å². The van der Waals surface area contributed by atoms with Crippen molar-refractivity contribution in [3.8, 4) is 0 Å². The highest BCUT2D eigenvalue weighted by atomic mass is 127. The zero-order chi connectivity index (χ0) is 13.4. The summed E-state index contributed by atoms with van der Waals surface area (Å²) < 4.78 is 1.07. The highest BCUT2D eigenvalue weighted by molar-refractivity contribution is 14.1. The molecule has 4 nitrogen and oxygen atoms in total. The van der Waals surface area contributed by atoms with Gasteiger partial charge in [-0.05, 0) is 59.0 Å². The summed E-state index contributed by atoms with van der Waals surface area (Å²) in [7, 11) is 0. The molecule has 1 heterocycles. The Morgan fingerprint density at radius 1 is 1.47 bits per heavy atom. The van der Waals surface area contributed by atoms with Crippen molar-refractivity contribution in [3.63, 3.8) is 0 Å². The van der Waals surface area contributed by atoms with Crippen LogP contribution in [-0.4, -0.2) is 15.9 Å². The van der Waals surface area contributed by atoms with Crippen molar-refractivity contribution in [3.05, 3.63) is 44.5 Å². The quantitative estimate of drug-likeness (QED) is 0.787. The van der Waals surface area contributed by atoms with Gasteiger partial charge in [-0.1, -0.05) is 11.6 Å². The SMILES string of the molecule is O=C(Nc1cc(Cl)cc(C2CC2)c1I)c1cnc[nH]1. The predicted molar refractivity (Wildman–Crippen MR) is 82.7 cm³/mol. The average molecular weight is 388 g/mol. The monoisotopic (exact) mass is 387 g/mol. The molecule has 1 fully saturated rings. The number of hydrogen-bond donors (Lipinski definition) is 2. The van der Waals surface area contributed by atoms with E-state index in [9.17, 15) is 4.79 Å². The Morgan fingerprint density at radius 3 is 2.89 bits per heavy atom. The Balaban J connectivity index is 1.90. The number of amides is 1. The third kappa shape index (κ3) is 2.76. The molecule has 19 heavy (non-hydrogen) atoms. The summed E-state index contributed by atoms with van der Waals surface area (Å²) in [5, 5.41) is 3.53. The van der Waals surface area contributed by atoms with Gasteiger partial charge in [-0.15, -0.1) is 0 Å². The van der Waals surface area contributed by atoms with E-state index in [1.54, 1.807) is 6.07 Å². The third-order valence-corrected chi connectivity index (χ3v) is 4.50. The molecule has 1 saturated carbocycles. The second kappa shape index (κ2) is 5.13. The van der Waals surface area contributed by atoms with Gasteiger partial charge in [0, 0.05) is 8.59 Å². The van der Waals surface area contributed by atoms with Gasteiger partial charge in [0.1, 0.15) is 5.69 Å². The van der Waals surface area contributed by atoms with E-state index < -0.39 is 0 Å². The van der Waals surface area contributed by atoms with Crippen molar-refractivity contribution < 1.29 is 4.79 Å². The van der Waals surface area contributed by atoms with Crippen LogP contribution in [-0.2, 0) is 0 Å². The number of aromatic amines is 1.